The van der Waals surface area contributed by atoms with E-state index in [1.807, 2.05) is 18.2 Å². The molecule has 0 fully saturated rings. The molecule has 6 rings (SSSR count). The zero-order valence-electron chi connectivity index (χ0n) is 19.5. The largest absolute Gasteiger partial charge is 0.309 e. The Kier molecular flexibility index (Phi) is 7.56. The summed E-state index contributed by atoms with van der Waals surface area (Å²) in [5.74, 6) is 0. The quantitative estimate of drug-likeness (QED) is 0.250. The molecule has 164 valence electrons. The number of aromatic nitrogens is 1. The molecule has 33 heavy (non-hydrogen) atoms. The van der Waals surface area contributed by atoms with Crippen molar-refractivity contribution in [2.45, 2.75) is 26.7 Å². The van der Waals surface area contributed by atoms with Crippen LogP contribution in [0.3, 0.4) is 0 Å². The Morgan fingerprint density at radius 2 is 1.06 bits per heavy atom. The summed E-state index contributed by atoms with van der Waals surface area (Å²) in [6, 6.07) is 37.9. The van der Waals surface area contributed by atoms with Crippen molar-refractivity contribution in [2.24, 2.45) is 0 Å². The Bertz CT molecular complexity index is 1300. The minimum absolute atomic E-state index is 1.21. The molecule has 1 heteroatoms. The molecule has 1 aliphatic rings. The van der Waals surface area contributed by atoms with Crippen molar-refractivity contribution in [3.05, 3.63) is 139 Å². The summed E-state index contributed by atoms with van der Waals surface area (Å²) in [5.41, 5.74) is 6.46. The van der Waals surface area contributed by atoms with Gasteiger partial charge < -0.3 is 4.57 Å². The summed E-state index contributed by atoms with van der Waals surface area (Å²) in [5, 5.41) is 2.61. The molecule has 0 unspecified atom stereocenters. The molecule has 0 N–H and O–H groups in total. The lowest BCUT2D eigenvalue weighted by Gasteiger charge is -2.06. The minimum Gasteiger partial charge on any atom is -0.309 e. The SMILES string of the molecule is CC1=CCCC=C1.Cc1ccccc1.c1ccc(-n2c3ccccc3c3ccccc32)cc1. The Morgan fingerprint density at radius 1 is 0.545 bits per heavy atom. The molecule has 4 aromatic carbocycles. The second-order valence-corrected chi connectivity index (χ2v) is 8.29. The van der Waals surface area contributed by atoms with Crippen LogP contribution in [-0.2, 0) is 0 Å². The Balaban J connectivity index is 0.000000152. The van der Waals surface area contributed by atoms with E-state index in [-0.39, 0.29) is 0 Å². The maximum atomic E-state index is 2.32. The Labute approximate surface area is 197 Å². The van der Waals surface area contributed by atoms with Crippen LogP contribution in [0.2, 0.25) is 0 Å². The normalized spacial score (nSPS) is 12.4. The number of fused-ring (bicyclic) bond motifs is 3. The van der Waals surface area contributed by atoms with Crippen LogP contribution in [0.25, 0.3) is 27.5 Å². The number of nitrogens with zero attached hydrogens (tertiary/aromatic N) is 1. The average Bonchev–Trinajstić information content (AvgIpc) is 3.21. The second-order valence-electron chi connectivity index (χ2n) is 8.29. The summed E-state index contributed by atoms with van der Waals surface area (Å²) in [4.78, 5) is 0. The number of rotatable bonds is 1. The van der Waals surface area contributed by atoms with Gasteiger partial charge in [0, 0.05) is 16.5 Å². The first kappa shape index (κ1) is 22.4. The minimum atomic E-state index is 1.21. The van der Waals surface area contributed by atoms with E-state index >= 15 is 0 Å². The summed E-state index contributed by atoms with van der Waals surface area (Å²) in [6.07, 6.45) is 9.12. The smallest absolute Gasteiger partial charge is 0.0541 e. The van der Waals surface area contributed by atoms with Gasteiger partial charge in [-0.15, -0.1) is 0 Å². The molecule has 5 aromatic rings. The Morgan fingerprint density at radius 3 is 1.48 bits per heavy atom. The number of aryl methyl sites for hydroxylation is 1. The molecular formula is C32H31N. The van der Waals surface area contributed by atoms with Crippen molar-refractivity contribution in [2.75, 3.05) is 0 Å². The van der Waals surface area contributed by atoms with E-state index in [4.69, 9.17) is 0 Å². The topological polar surface area (TPSA) is 4.93 Å². The van der Waals surface area contributed by atoms with Crippen LogP contribution in [0.5, 0.6) is 0 Å². The van der Waals surface area contributed by atoms with Gasteiger partial charge in [0.1, 0.15) is 0 Å². The summed E-state index contributed by atoms with van der Waals surface area (Å²) >= 11 is 0. The van der Waals surface area contributed by atoms with Gasteiger partial charge in [0.2, 0.25) is 0 Å². The highest BCUT2D eigenvalue weighted by Gasteiger charge is 2.10. The van der Waals surface area contributed by atoms with E-state index in [2.05, 4.69) is 128 Å². The van der Waals surface area contributed by atoms with Gasteiger partial charge in [-0.05, 0) is 51.0 Å². The highest BCUT2D eigenvalue weighted by Crippen LogP contribution is 2.31. The maximum Gasteiger partial charge on any atom is 0.0541 e. The lowest BCUT2D eigenvalue weighted by Crippen LogP contribution is -1.92. The predicted molar refractivity (Wildman–Crippen MR) is 144 cm³/mol. The van der Waals surface area contributed by atoms with Crippen LogP contribution in [0.1, 0.15) is 25.3 Å². The first-order valence-corrected chi connectivity index (χ1v) is 11.6. The molecule has 1 aliphatic carbocycles. The van der Waals surface area contributed by atoms with Crippen molar-refractivity contribution in [1.29, 1.82) is 0 Å². The van der Waals surface area contributed by atoms with Gasteiger partial charge in [0.15, 0.2) is 0 Å². The van der Waals surface area contributed by atoms with Gasteiger partial charge in [0.05, 0.1) is 11.0 Å². The first-order valence-electron chi connectivity index (χ1n) is 11.6. The lowest BCUT2D eigenvalue weighted by atomic mass is 10.1. The molecule has 0 saturated heterocycles. The van der Waals surface area contributed by atoms with Gasteiger partial charge in [-0.1, -0.05) is 114 Å². The molecule has 0 amide bonds. The van der Waals surface area contributed by atoms with E-state index in [0.29, 0.717) is 0 Å². The third-order valence-electron chi connectivity index (χ3n) is 5.72. The van der Waals surface area contributed by atoms with E-state index in [1.165, 1.54) is 51.5 Å². The van der Waals surface area contributed by atoms with Crippen LogP contribution >= 0.6 is 0 Å². The monoisotopic (exact) mass is 429 g/mol. The fourth-order valence-electron chi connectivity index (χ4n) is 4.06. The number of benzene rings is 4. The van der Waals surface area contributed by atoms with Crippen LogP contribution < -0.4 is 0 Å². The Hall–Kier alpha value is -3.84. The van der Waals surface area contributed by atoms with E-state index in [9.17, 15) is 0 Å². The third kappa shape index (κ3) is 5.70. The van der Waals surface area contributed by atoms with Crippen molar-refractivity contribution in [3.63, 3.8) is 0 Å². The summed E-state index contributed by atoms with van der Waals surface area (Å²) in [7, 11) is 0. The van der Waals surface area contributed by atoms with Crippen molar-refractivity contribution < 1.29 is 0 Å². The molecule has 0 saturated carbocycles. The van der Waals surface area contributed by atoms with Gasteiger partial charge in [-0.2, -0.15) is 0 Å². The van der Waals surface area contributed by atoms with Gasteiger partial charge in [-0.25, -0.2) is 0 Å². The maximum absolute atomic E-state index is 2.32. The molecular weight excluding hydrogens is 398 g/mol. The van der Waals surface area contributed by atoms with E-state index < -0.39 is 0 Å². The van der Waals surface area contributed by atoms with Gasteiger partial charge >= 0.3 is 0 Å². The van der Waals surface area contributed by atoms with Gasteiger partial charge in [0.25, 0.3) is 0 Å². The average molecular weight is 430 g/mol. The van der Waals surface area contributed by atoms with E-state index in [1.54, 1.807) is 0 Å². The lowest BCUT2D eigenvalue weighted by molar-refractivity contribution is 1.02. The molecule has 0 aliphatic heterocycles. The molecule has 0 spiro atoms. The number of hydrogen-bond donors (Lipinski definition) is 0. The number of hydrogen-bond acceptors (Lipinski definition) is 0. The van der Waals surface area contributed by atoms with Crippen molar-refractivity contribution in [3.8, 4) is 5.69 Å². The molecule has 0 radical (unpaired) electrons. The van der Waals surface area contributed by atoms with Crippen molar-refractivity contribution in [1.82, 2.24) is 4.57 Å². The first-order chi connectivity index (χ1) is 16.2. The zero-order valence-corrected chi connectivity index (χ0v) is 19.5. The highest BCUT2D eigenvalue weighted by molar-refractivity contribution is 6.09. The fraction of sp³-hybridized carbons (Fsp3) is 0.125. The summed E-state index contributed by atoms with van der Waals surface area (Å²) in [6.45, 7) is 4.22. The number of para-hydroxylation sites is 3. The highest BCUT2D eigenvalue weighted by atomic mass is 15.0. The van der Waals surface area contributed by atoms with Crippen molar-refractivity contribution >= 4 is 21.8 Å². The molecule has 1 heterocycles. The summed E-state index contributed by atoms with van der Waals surface area (Å²) < 4.78 is 2.32. The molecule has 1 nitrogen and oxygen atoms in total. The zero-order chi connectivity index (χ0) is 22.9. The molecule has 0 bridgehead atoms. The predicted octanol–water partition coefficient (Wildman–Crippen LogP) is 9.06. The molecule has 1 aromatic heterocycles. The van der Waals surface area contributed by atoms with E-state index in [0.717, 1.165) is 0 Å². The van der Waals surface area contributed by atoms with Gasteiger partial charge in [-0.3, -0.25) is 0 Å². The second kappa shape index (κ2) is 11.2. The van der Waals surface area contributed by atoms with Crippen LogP contribution in [0, 0.1) is 6.92 Å². The van der Waals surface area contributed by atoms with Crippen LogP contribution in [0.15, 0.2) is 133 Å². The molecule has 0 atom stereocenters. The van der Waals surface area contributed by atoms with Crippen LogP contribution in [0.4, 0.5) is 0 Å². The fourth-order valence-corrected chi connectivity index (χ4v) is 4.06. The van der Waals surface area contributed by atoms with Crippen LogP contribution in [-0.4, -0.2) is 4.57 Å². The number of allylic oxidation sites excluding steroid dienone is 4. The third-order valence-corrected chi connectivity index (χ3v) is 5.72. The standard InChI is InChI=1S/C18H13N.C7H10.C7H8/c1-2-8-14(9-3-1)19-17-12-6-4-10-15(17)16-11-5-7-13-18(16)19;2*1-7-5-3-2-4-6-7/h1-13H;3,5-6H,2,4H2,1H3;2-6H,1H3.